The molecule has 0 atom stereocenters. The standard InChI is InChI=1S/C10H9BrN2O2S2/c1-7-2-3-10(16-7)17(14,15)13-9-6-8(11)4-5-12-9/h2-6H,1H3,(H,12,13). The Morgan fingerprint density at radius 2 is 2.12 bits per heavy atom. The van der Waals surface area contributed by atoms with Crippen LogP contribution in [0.3, 0.4) is 0 Å². The molecule has 1 N–H and O–H groups in total. The number of thiophene rings is 1. The third-order valence-corrected chi connectivity index (χ3v) is 5.28. The van der Waals surface area contributed by atoms with Crippen LogP contribution in [0.4, 0.5) is 5.82 Å². The number of halogens is 1. The molecule has 0 fully saturated rings. The van der Waals surface area contributed by atoms with Gasteiger partial charge >= 0.3 is 0 Å². The van der Waals surface area contributed by atoms with Gasteiger partial charge in [0.15, 0.2) is 0 Å². The van der Waals surface area contributed by atoms with Gasteiger partial charge in [-0.2, -0.15) is 0 Å². The number of anilines is 1. The van der Waals surface area contributed by atoms with Gasteiger partial charge in [0.25, 0.3) is 10.0 Å². The number of nitrogens with zero attached hydrogens (tertiary/aromatic N) is 1. The van der Waals surface area contributed by atoms with E-state index < -0.39 is 10.0 Å². The summed E-state index contributed by atoms with van der Waals surface area (Å²) in [6.07, 6.45) is 1.53. The van der Waals surface area contributed by atoms with Crippen molar-refractivity contribution in [3.05, 3.63) is 39.8 Å². The van der Waals surface area contributed by atoms with Gasteiger partial charge in [0.05, 0.1) is 0 Å². The van der Waals surface area contributed by atoms with Gasteiger partial charge in [-0.15, -0.1) is 11.3 Å². The number of aromatic nitrogens is 1. The third-order valence-electron chi connectivity index (χ3n) is 1.94. The first-order chi connectivity index (χ1) is 7.97. The number of nitrogens with one attached hydrogen (secondary N) is 1. The minimum Gasteiger partial charge on any atom is -0.263 e. The molecule has 90 valence electrons. The zero-order valence-electron chi connectivity index (χ0n) is 8.84. The molecular weight excluding hydrogens is 324 g/mol. The zero-order chi connectivity index (χ0) is 12.5. The maximum Gasteiger partial charge on any atom is 0.272 e. The number of sulfonamides is 1. The van der Waals surface area contributed by atoms with E-state index in [1.165, 1.54) is 17.5 Å². The molecule has 0 saturated heterocycles. The lowest BCUT2D eigenvalue weighted by atomic mass is 10.5. The predicted octanol–water partition coefficient (Wildman–Crippen LogP) is 3.01. The van der Waals surface area contributed by atoms with Crippen LogP contribution in [0.2, 0.25) is 0 Å². The smallest absolute Gasteiger partial charge is 0.263 e. The van der Waals surface area contributed by atoms with Gasteiger partial charge < -0.3 is 0 Å². The Labute approximate surface area is 112 Å². The van der Waals surface area contributed by atoms with Crippen molar-refractivity contribution in [1.82, 2.24) is 4.98 Å². The monoisotopic (exact) mass is 332 g/mol. The average Bonchev–Trinajstić information content (AvgIpc) is 2.65. The number of hydrogen-bond donors (Lipinski definition) is 1. The molecule has 7 heteroatoms. The normalized spacial score (nSPS) is 11.4. The molecule has 0 aromatic carbocycles. The van der Waals surface area contributed by atoms with Crippen molar-refractivity contribution in [2.75, 3.05) is 4.72 Å². The van der Waals surface area contributed by atoms with Crippen LogP contribution in [0, 0.1) is 6.92 Å². The summed E-state index contributed by atoms with van der Waals surface area (Å²) in [6.45, 7) is 1.86. The molecule has 0 aliphatic carbocycles. The molecule has 17 heavy (non-hydrogen) atoms. The molecule has 0 bridgehead atoms. The first kappa shape index (κ1) is 12.5. The summed E-state index contributed by atoms with van der Waals surface area (Å²) in [4.78, 5) is 4.89. The molecule has 2 aromatic rings. The SMILES string of the molecule is Cc1ccc(S(=O)(=O)Nc2cc(Br)ccn2)s1. The topological polar surface area (TPSA) is 59.1 Å². The lowest BCUT2D eigenvalue weighted by Gasteiger charge is -2.05. The third kappa shape index (κ3) is 3.05. The number of pyridine rings is 1. The molecule has 0 aliphatic rings. The van der Waals surface area contributed by atoms with E-state index in [2.05, 4.69) is 25.6 Å². The first-order valence-corrected chi connectivity index (χ1v) is 7.77. The second kappa shape index (κ2) is 4.75. The van der Waals surface area contributed by atoms with Crippen molar-refractivity contribution < 1.29 is 8.42 Å². The average molecular weight is 333 g/mol. The lowest BCUT2D eigenvalue weighted by Crippen LogP contribution is -2.12. The molecule has 0 radical (unpaired) electrons. The molecule has 0 saturated carbocycles. The van der Waals surface area contributed by atoms with Crippen LogP contribution in [0.1, 0.15) is 4.88 Å². The molecule has 2 heterocycles. The predicted molar refractivity (Wildman–Crippen MR) is 71.8 cm³/mol. The molecule has 0 amide bonds. The van der Waals surface area contributed by atoms with Crippen LogP contribution in [0.15, 0.2) is 39.1 Å². The maximum absolute atomic E-state index is 12.0. The van der Waals surface area contributed by atoms with Gasteiger partial charge in [-0.25, -0.2) is 13.4 Å². The second-order valence-corrected chi connectivity index (χ2v) is 7.44. The van der Waals surface area contributed by atoms with Gasteiger partial charge in [-0.05, 0) is 31.2 Å². The summed E-state index contributed by atoms with van der Waals surface area (Å²) in [5.74, 6) is 0.297. The number of aryl methyl sites for hydroxylation is 1. The van der Waals surface area contributed by atoms with Crippen LogP contribution in [0.5, 0.6) is 0 Å². The van der Waals surface area contributed by atoms with E-state index in [1.54, 1.807) is 24.3 Å². The van der Waals surface area contributed by atoms with Crippen molar-refractivity contribution in [1.29, 1.82) is 0 Å². The fourth-order valence-corrected chi connectivity index (χ4v) is 3.82. The minimum atomic E-state index is -3.52. The lowest BCUT2D eigenvalue weighted by molar-refractivity contribution is 0.603. The highest BCUT2D eigenvalue weighted by Crippen LogP contribution is 2.23. The van der Waals surface area contributed by atoms with E-state index >= 15 is 0 Å². The summed E-state index contributed by atoms with van der Waals surface area (Å²) in [5.41, 5.74) is 0. The Morgan fingerprint density at radius 3 is 2.71 bits per heavy atom. The van der Waals surface area contributed by atoms with Gasteiger partial charge in [-0.3, -0.25) is 4.72 Å². The Morgan fingerprint density at radius 1 is 1.35 bits per heavy atom. The van der Waals surface area contributed by atoms with E-state index in [9.17, 15) is 8.42 Å². The van der Waals surface area contributed by atoms with Gasteiger partial charge in [-0.1, -0.05) is 15.9 Å². The fourth-order valence-electron chi connectivity index (χ4n) is 1.21. The van der Waals surface area contributed by atoms with Crippen LogP contribution >= 0.6 is 27.3 Å². The minimum absolute atomic E-state index is 0.289. The summed E-state index contributed by atoms with van der Waals surface area (Å²) in [7, 11) is -3.52. The Balaban J connectivity index is 2.29. The quantitative estimate of drug-likeness (QED) is 0.939. The maximum atomic E-state index is 12.0. The van der Waals surface area contributed by atoms with E-state index in [0.717, 1.165) is 9.35 Å². The Bertz CT molecular complexity index is 637. The van der Waals surface area contributed by atoms with E-state index in [0.29, 0.717) is 5.82 Å². The molecule has 0 unspecified atom stereocenters. The summed E-state index contributed by atoms with van der Waals surface area (Å²) in [5, 5.41) is 0. The molecular formula is C10H9BrN2O2S2. The van der Waals surface area contributed by atoms with Gasteiger partial charge in [0.1, 0.15) is 10.0 Å². The molecule has 2 rings (SSSR count). The summed E-state index contributed by atoms with van der Waals surface area (Å²) in [6, 6.07) is 6.69. The van der Waals surface area contributed by atoms with Crippen molar-refractivity contribution in [3.63, 3.8) is 0 Å². The van der Waals surface area contributed by atoms with E-state index in [1.807, 2.05) is 6.92 Å². The van der Waals surface area contributed by atoms with E-state index in [4.69, 9.17) is 0 Å². The van der Waals surface area contributed by atoms with Crippen molar-refractivity contribution >= 4 is 43.1 Å². The first-order valence-electron chi connectivity index (χ1n) is 4.68. The highest BCUT2D eigenvalue weighted by atomic mass is 79.9. The summed E-state index contributed by atoms with van der Waals surface area (Å²) < 4.78 is 27.4. The van der Waals surface area contributed by atoms with E-state index in [-0.39, 0.29) is 4.21 Å². The van der Waals surface area contributed by atoms with Crippen LogP contribution in [0.25, 0.3) is 0 Å². The molecule has 0 spiro atoms. The van der Waals surface area contributed by atoms with Gasteiger partial charge in [0, 0.05) is 15.5 Å². The van der Waals surface area contributed by atoms with Crippen LogP contribution in [-0.4, -0.2) is 13.4 Å². The Kier molecular flexibility index (Phi) is 3.50. The van der Waals surface area contributed by atoms with Crippen molar-refractivity contribution in [2.45, 2.75) is 11.1 Å². The summed E-state index contributed by atoms with van der Waals surface area (Å²) >= 11 is 4.49. The van der Waals surface area contributed by atoms with Crippen molar-refractivity contribution in [2.24, 2.45) is 0 Å². The molecule has 0 aliphatic heterocycles. The van der Waals surface area contributed by atoms with Crippen LogP contribution < -0.4 is 4.72 Å². The second-order valence-electron chi connectivity index (χ2n) is 3.33. The highest BCUT2D eigenvalue weighted by Gasteiger charge is 2.16. The number of rotatable bonds is 3. The zero-order valence-corrected chi connectivity index (χ0v) is 12.1. The van der Waals surface area contributed by atoms with Gasteiger partial charge in [0.2, 0.25) is 0 Å². The number of hydrogen-bond acceptors (Lipinski definition) is 4. The highest BCUT2D eigenvalue weighted by molar-refractivity contribution is 9.10. The fraction of sp³-hybridized carbons (Fsp3) is 0.100. The van der Waals surface area contributed by atoms with Crippen LogP contribution in [-0.2, 0) is 10.0 Å². The Hall–Kier alpha value is -0.920. The molecule has 2 aromatic heterocycles. The molecule has 4 nitrogen and oxygen atoms in total. The van der Waals surface area contributed by atoms with Crippen molar-refractivity contribution in [3.8, 4) is 0 Å². The largest absolute Gasteiger partial charge is 0.272 e.